The number of rotatable bonds is 11. The lowest BCUT2D eigenvalue weighted by Gasteiger charge is -2.45. The summed E-state index contributed by atoms with van der Waals surface area (Å²) < 4.78 is 29.1. The fourth-order valence-electron chi connectivity index (χ4n) is 3.55. The van der Waals surface area contributed by atoms with E-state index < -0.39 is 18.9 Å². The smallest absolute Gasteiger partial charge is 0.497 e. The number of nitrogens with zero attached hydrogens (tertiary/aromatic N) is 2. The van der Waals surface area contributed by atoms with Crippen molar-refractivity contribution in [2.75, 3.05) is 38.2 Å². The van der Waals surface area contributed by atoms with Crippen LogP contribution in [0.4, 0.5) is 5.69 Å². The molecule has 3 aromatic rings. The number of hydrogen-bond acceptors (Lipinski definition) is 10. The van der Waals surface area contributed by atoms with E-state index in [4.69, 9.17) is 35.9 Å². The largest absolute Gasteiger partial charge is 0.564 e. The van der Waals surface area contributed by atoms with Crippen molar-refractivity contribution in [1.29, 1.82) is 0 Å². The normalized spacial score (nSPS) is 12.3. The van der Waals surface area contributed by atoms with Crippen molar-refractivity contribution in [3.63, 3.8) is 0 Å². The van der Waals surface area contributed by atoms with Crippen LogP contribution in [-0.2, 0) is 6.54 Å². The van der Waals surface area contributed by atoms with E-state index in [2.05, 4.69) is 11.0 Å². The Morgan fingerprint density at radius 1 is 0.923 bits per heavy atom. The van der Waals surface area contributed by atoms with Gasteiger partial charge in [-0.15, -0.1) is 0 Å². The van der Waals surface area contributed by atoms with E-state index in [1.54, 1.807) is 31.4 Å². The Morgan fingerprint density at radius 2 is 1.51 bits per heavy atom. The van der Waals surface area contributed by atoms with E-state index in [0.717, 1.165) is 11.1 Å². The maximum absolute atomic E-state index is 11.2. The minimum Gasteiger partial charge on any atom is -0.497 e. The molecular formula is C26H35ClN2O8PS+. The topological polar surface area (TPSA) is 157 Å². The van der Waals surface area contributed by atoms with Crippen LogP contribution >= 0.6 is 30.5 Å². The molecule has 0 unspecified atom stereocenters. The van der Waals surface area contributed by atoms with Gasteiger partial charge in [0, 0.05) is 18.1 Å². The second-order valence-electron chi connectivity index (χ2n) is 8.34. The fourth-order valence-corrected chi connectivity index (χ4v) is 5.22. The van der Waals surface area contributed by atoms with Gasteiger partial charge in [0.15, 0.2) is 0 Å². The summed E-state index contributed by atoms with van der Waals surface area (Å²) in [5.74, 6) is 0.626. The van der Waals surface area contributed by atoms with E-state index in [0.29, 0.717) is 34.4 Å². The first-order valence-corrected chi connectivity index (χ1v) is 15.1. The Morgan fingerprint density at radius 3 is 2.08 bits per heavy atom. The number of ether oxygens (including phenoxy) is 1. The quantitative estimate of drug-likeness (QED) is 0.154. The Bertz CT molecular complexity index is 1170. The molecule has 0 saturated carbocycles. The highest BCUT2D eigenvalue weighted by atomic mass is 35.5. The van der Waals surface area contributed by atoms with Crippen molar-refractivity contribution in [3.8, 4) is 5.75 Å². The zero-order chi connectivity index (χ0) is 29.1. The minimum absolute atomic E-state index is 0.0750. The summed E-state index contributed by atoms with van der Waals surface area (Å²) in [6, 6.07) is 21.9. The molecule has 0 radical (unpaired) electrons. The summed E-state index contributed by atoms with van der Waals surface area (Å²) in [5, 5.41) is 10.4. The van der Waals surface area contributed by atoms with Gasteiger partial charge >= 0.3 is 8.17 Å². The molecule has 3 rings (SSSR count). The standard InChI is InChI=1S/C26H31ClN2O4S.H4O4P/c1-28(17-5-6-21-9-11-23(27)12-10-21)20-22-7-3-4-8-26(22)29(18-19-30)34(31,32)25-15-13-24(33-2)14-16-25;1-5(2,3)4/h3-16,30-32H,17-20H2,1-2H3;1-4H/q;+1/b6-5+;. The van der Waals surface area contributed by atoms with Crippen molar-refractivity contribution in [1.82, 2.24) is 4.90 Å². The third-order valence-corrected chi connectivity index (χ3v) is 7.43. The zero-order valence-corrected chi connectivity index (χ0v) is 24.0. The van der Waals surface area contributed by atoms with Gasteiger partial charge in [-0.05, 0) is 60.6 Å². The summed E-state index contributed by atoms with van der Waals surface area (Å²) in [4.78, 5) is 31.7. The molecule has 3 aromatic carbocycles. The van der Waals surface area contributed by atoms with E-state index in [9.17, 15) is 14.2 Å². The summed E-state index contributed by atoms with van der Waals surface area (Å²) in [7, 11) is -4.21. The Kier molecular flexibility index (Phi) is 13.1. The number of aliphatic hydroxyl groups excluding tert-OH is 1. The molecule has 0 spiro atoms. The number of likely N-dealkylation sites (N-methyl/N-ethyl adjacent to an activating group) is 1. The van der Waals surface area contributed by atoms with Gasteiger partial charge in [0.05, 0.1) is 30.8 Å². The molecule has 0 aliphatic rings. The molecule has 39 heavy (non-hydrogen) atoms. The fraction of sp³-hybridized carbons (Fsp3) is 0.231. The highest BCUT2D eigenvalue weighted by Gasteiger charge is 2.27. The van der Waals surface area contributed by atoms with Crippen LogP contribution in [0.5, 0.6) is 5.75 Å². The van der Waals surface area contributed by atoms with Gasteiger partial charge in [0.1, 0.15) is 5.75 Å². The third-order valence-electron chi connectivity index (χ3n) is 5.28. The van der Waals surface area contributed by atoms with Gasteiger partial charge in [-0.3, -0.25) is 18.3 Å². The van der Waals surface area contributed by atoms with Crippen LogP contribution < -0.4 is 9.04 Å². The summed E-state index contributed by atoms with van der Waals surface area (Å²) in [6.07, 6.45) is 4.11. The lowest BCUT2D eigenvalue weighted by atomic mass is 10.1. The molecule has 0 fully saturated rings. The Labute approximate surface area is 235 Å². The highest BCUT2D eigenvalue weighted by molar-refractivity contribution is 8.25. The van der Waals surface area contributed by atoms with Crippen molar-refractivity contribution in [2.24, 2.45) is 0 Å². The van der Waals surface area contributed by atoms with E-state index >= 15 is 0 Å². The highest BCUT2D eigenvalue weighted by Crippen LogP contribution is 2.54. The summed E-state index contributed by atoms with van der Waals surface area (Å²) in [5.41, 5.74) is 2.66. The number of aliphatic hydroxyl groups is 1. The summed E-state index contributed by atoms with van der Waals surface area (Å²) >= 11 is 5.94. The van der Waals surface area contributed by atoms with E-state index in [1.165, 1.54) is 4.31 Å². The van der Waals surface area contributed by atoms with Gasteiger partial charge < -0.3 is 9.84 Å². The first-order valence-electron chi connectivity index (χ1n) is 11.6. The van der Waals surface area contributed by atoms with Crippen molar-refractivity contribution in [3.05, 3.63) is 95.0 Å². The number of hydrogen-bond donors (Lipinski definition) is 7. The molecule has 10 nitrogen and oxygen atoms in total. The van der Waals surface area contributed by atoms with Crippen LogP contribution in [0.3, 0.4) is 0 Å². The molecule has 0 aliphatic heterocycles. The minimum atomic E-state index is -4.39. The Hall–Kier alpha value is -2.25. The molecule has 0 heterocycles. The Balaban J connectivity index is 0.000000976. The van der Waals surface area contributed by atoms with Gasteiger partial charge in [-0.2, -0.15) is 19.6 Å². The van der Waals surface area contributed by atoms with Gasteiger partial charge in [-0.1, -0.05) is 64.9 Å². The average Bonchev–Trinajstić information content (AvgIpc) is 2.88. The molecule has 0 atom stereocenters. The molecule has 13 heteroatoms. The third kappa shape index (κ3) is 11.4. The molecule has 0 saturated heterocycles. The van der Waals surface area contributed by atoms with Crippen molar-refractivity contribution >= 4 is 42.3 Å². The van der Waals surface area contributed by atoms with Crippen molar-refractivity contribution < 1.29 is 38.5 Å². The maximum Gasteiger partial charge on any atom is 0.564 e. The molecule has 214 valence electrons. The predicted octanol–water partition coefficient (Wildman–Crippen LogP) is 4.65. The van der Waals surface area contributed by atoms with Gasteiger partial charge in [0.2, 0.25) is 0 Å². The number of anilines is 1. The van der Waals surface area contributed by atoms with Gasteiger partial charge in [-0.25, -0.2) is 0 Å². The molecule has 0 aliphatic carbocycles. The number of halogens is 1. The first kappa shape index (κ1) is 33.0. The lowest BCUT2D eigenvalue weighted by Crippen LogP contribution is -2.32. The monoisotopic (exact) mass is 601 g/mol. The summed E-state index contributed by atoms with van der Waals surface area (Å²) in [6.45, 7) is 1.14. The zero-order valence-electron chi connectivity index (χ0n) is 21.6. The molecular weight excluding hydrogens is 567 g/mol. The number of benzene rings is 3. The van der Waals surface area contributed by atoms with Crippen molar-refractivity contribution in [2.45, 2.75) is 11.4 Å². The first-order chi connectivity index (χ1) is 18.3. The predicted molar refractivity (Wildman–Crippen MR) is 158 cm³/mol. The maximum atomic E-state index is 11.2. The number of methoxy groups -OCH3 is 1. The van der Waals surface area contributed by atoms with Crippen LogP contribution in [-0.4, -0.2) is 72.5 Å². The lowest BCUT2D eigenvalue weighted by molar-refractivity contribution is 0.229. The number of para-hydroxylation sites is 1. The second kappa shape index (κ2) is 15.5. The van der Waals surface area contributed by atoms with Crippen LogP contribution in [0.1, 0.15) is 11.1 Å². The second-order valence-corrected chi connectivity index (χ2v) is 11.8. The SMILES string of the molecule is COc1ccc(S(O)(O)N(CCO)c2ccccc2CN(C)C/C=C/c2ccc(Cl)cc2)cc1.O[P+](O)(O)O. The van der Waals surface area contributed by atoms with E-state index in [1.807, 2.05) is 61.7 Å². The van der Waals surface area contributed by atoms with Crippen LogP contribution in [0.2, 0.25) is 5.02 Å². The molecule has 0 bridgehead atoms. The van der Waals surface area contributed by atoms with E-state index in [-0.39, 0.29) is 13.2 Å². The molecule has 0 amide bonds. The molecule has 7 N–H and O–H groups in total. The van der Waals surface area contributed by atoms with Crippen LogP contribution in [0, 0.1) is 0 Å². The van der Waals surface area contributed by atoms with Crippen LogP contribution in [0.25, 0.3) is 6.08 Å². The molecule has 0 aromatic heterocycles. The van der Waals surface area contributed by atoms with Crippen LogP contribution in [0.15, 0.2) is 83.8 Å². The van der Waals surface area contributed by atoms with Gasteiger partial charge in [0.25, 0.3) is 0 Å². The average molecular weight is 602 g/mol.